The third kappa shape index (κ3) is 3.66. The number of anilines is 1. The van der Waals surface area contributed by atoms with Crippen LogP contribution in [0.3, 0.4) is 0 Å². The van der Waals surface area contributed by atoms with Gasteiger partial charge in [-0.15, -0.1) is 11.3 Å². The summed E-state index contributed by atoms with van der Waals surface area (Å²) in [4.78, 5) is 22.5. The summed E-state index contributed by atoms with van der Waals surface area (Å²) in [6.45, 7) is 4.08. The summed E-state index contributed by atoms with van der Waals surface area (Å²) in [6.07, 6.45) is 1.23. The molecule has 1 aromatic rings. The molecule has 0 unspecified atom stereocenters. The van der Waals surface area contributed by atoms with E-state index in [4.69, 9.17) is 5.11 Å². The molecular formula is C11H15NO3S. The fourth-order valence-electron chi connectivity index (χ4n) is 1.21. The first-order valence-electron chi connectivity index (χ1n) is 5.11. The fourth-order valence-corrected chi connectivity index (χ4v) is 1.89. The van der Waals surface area contributed by atoms with Gasteiger partial charge in [0, 0.05) is 6.42 Å². The van der Waals surface area contributed by atoms with Crippen LogP contribution >= 0.6 is 11.3 Å². The highest BCUT2D eigenvalue weighted by Gasteiger charge is 2.13. The maximum atomic E-state index is 11.5. The Morgan fingerprint density at radius 3 is 2.75 bits per heavy atom. The van der Waals surface area contributed by atoms with Crippen LogP contribution in [0.5, 0.6) is 0 Å². The Morgan fingerprint density at radius 2 is 2.19 bits per heavy atom. The maximum absolute atomic E-state index is 11.5. The zero-order valence-corrected chi connectivity index (χ0v) is 10.1. The zero-order valence-electron chi connectivity index (χ0n) is 9.32. The molecule has 4 nitrogen and oxygen atoms in total. The van der Waals surface area contributed by atoms with E-state index in [2.05, 4.69) is 5.32 Å². The van der Waals surface area contributed by atoms with E-state index in [9.17, 15) is 9.59 Å². The van der Waals surface area contributed by atoms with Crippen LogP contribution in [0.15, 0.2) is 11.4 Å². The number of amides is 1. The van der Waals surface area contributed by atoms with Gasteiger partial charge in [0.2, 0.25) is 5.91 Å². The second-order valence-corrected chi connectivity index (χ2v) is 4.87. The number of aromatic carboxylic acids is 1. The Hall–Kier alpha value is -1.36. The molecule has 0 radical (unpaired) electrons. The molecule has 0 atom stereocenters. The van der Waals surface area contributed by atoms with Crippen LogP contribution < -0.4 is 5.32 Å². The van der Waals surface area contributed by atoms with Crippen molar-refractivity contribution in [1.29, 1.82) is 0 Å². The Morgan fingerprint density at radius 1 is 1.50 bits per heavy atom. The normalized spacial score (nSPS) is 10.4. The molecule has 16 heavy (non-hydrogen) atoms. The Bertz CT molecular complexity index is 384. The van der Waals surface area contributed by atoms with Gasteiger partial charge in [0.05, 0.1) is 5.69 Å². The highest BCUT2D eigenvalue weighted by molar-refractivity contribution is 7.12. The number of carboxylic acids is 1. The summed E-state index contributed by atoms with van der Waals surface area (Å²) >= 11 is 1.11. The van der Waals surface area contributed by atoms with Crippen molar-refractivity contribution in [2.45, 2.75) is 26.7 Å². The molecule has 1 amide bonds. The molecule has 0 aliphatic carbocycles. The van der Waals surface area contributed by atoms with Crippen molar-refractivity contribution in [1.82, 2.24) is 0 Å². The van der Waals surface area contributed by atoms with Crippen LogP contribution in [0.1, 0.15) is 36.4 Å². The number of thiophene rings is 1. The number of nitrogens with one attached hydrogen (secondary N) is 1. The van der Waals surface area contributed by atoms with Crippen LogP contribution in [-0.2, 0) is 4.79 Å². The van der Waals surface area contributed by atoms with E-state index in [0.29, 0.717) is 18.0 Å². The lowest BCUT2D eigenvalue weighted by molar-refractivity contribution is -0.116. The highest BCUT2D eigenvalue weighted by Crippen LogP contribution is 2.22. The molecule has 0 fully saturated rings. The van der Waals surface area contributed by atoms with E-state index < -0.39 is 5.97 Å². The molecule has 1 rings (SSSR count). The average Bonchev–Trinajstić information content (AvgIpc) is 2.62. The summed E-state index contributed by atoms with van der Waals surface area (Å²) < 4.78 is 0. The van der Waals surface area contributed by atoms with Crippen molar-refractivity contribution in [3.8, 4) is 0 Å². The van der Waals surface area contributed by atoms with Gasteiger partial charge in [-0.1, -0.05) is 13.8 Å². The number of rotatable bonds is 5. The third-order valence-electron chi connectivity index (χ3n) is 2.08. The second kappa shape index (κ2) is 5.65. The van der Waals surface area contributed by atoms with Crippen LogP contribution in [0.2, 0.25) is 0 Å². The summed E-state index contributed by atoms with van der Waals surface area (Å²) in [7, 11) is 0. The van der Waals surface area contributed by atoms with E-state index in [1.807, 2.05) is 13.8 Å². The molecule has 0 aliphatic rings. The molecular weight excluding hydrogens is 226 g/mol. The summed E-state index contributed by atoms with van der Waals surface area (Å²) in [5, 5.41) is 13.1. The van der Waals surface area contributed by atoms with E-state index in [-0.39, 0.29) is 10.8 Å². The first kappa shape index (κ1) is 12.7. The average molecular weight is 241 g/mol. The summed E-state index contributed by atoms with van der Waals surface area (Å²) in [6, 6.07) is 1.61. The Kier molecular flexibility index (Phi) is 4.49. The van der Waals surface area contributed by atoms with Gasteiger partial charge in [-0.05, 0) is 23.8 Å². The van der Waals surface area contributed by atoms with Gasteiger partial charge in [0.1, 0.15) is 4.88 Å². The van der Waals surface area contributed by atoms with Crippen molar-refractivity contribution >= 4 is 28.9 Å². The standard InChI is InChI=1S/C11H15NO3S/c1-7(2)3-4-9(13)12-8-5-6-16-10(8)11(14)15/h5-7H,3-4H2,1-2H3,(H,12,13)(H,14,15). The molecule has 0 saturated carbocycles. The molecule has 1 aromatic heterocycles. The lowest BCUT2D eigenvalue weighted by Crippen LogP contribution is -2.13. The van der Waals surface area contributed by atoms with Crippen molar-refractivity contribution in [2.75, 3.05) is 5.32 Å². The fraction of sp³-hybridized carbons (Fsp3) is 0.455. The van der Waals surface area contributed by atoms with Crippen LogP contribution in [-0.4, -0.2) is 17.0 Å². The lowest BCUT2D eigenvalue weighted by atomic mass is 10.1. The smallest absolute Gasteiger partial charge is 0.348 e. The van der Waals surface area contributed by atoms with Crippen molar-refractivity contribution in [2.24, 2.45) is 5.92 Å². The van der Waals surface area contributed by atoms with Gasteiger partial charge in [0.25, 0.3) is 0 Å². The third-order valence-corrected chi connectivity index (χ3v) is 2.98. The molecule has 0 saturated heterocycles. The van der Waals surface area contributed by atoms with Gasteiger partial charge in [-0.3, -0.25) is 4.79 Å². The Balaban J connectivity index is 2.56. The largest absolute Gasteiger partial charge is 0.477 e. The van der Waals surface area contributed by atoms with Gasteiger partial charge >= 0.3 is 5.97 Å². The monoisotopic (exact) mass is 241 g/mol. The Labute approximate surface area is 98.3 Å². The van der Waals surface area contributed by atoms with Crippen molar-refractivity contribution in [3.63, 3.8) is 0 Å². The van der Waals surface area contributed by atoms with Gasteiger partial charge in [0.15, 0.2) is 0 Å². The maximum Gasteiger partial charge on any atom is 0.348 e. The minimum atomic E-state index is -1.01. The highest BCUT2D eigenvalue weighted by atomic mass is 32.1. The number of carbonyl (C=O) groups is 2. The lowest BCUT2D eigenvalue weighted by Gasteiger charge is -2.06. The molecule has 1 heterocycles. The topological polar surface area (TPSA) is 66.4 Å². The van der Waals surface area contributed by atoms with Gasteiger partial charge < -0.3 is 10.4 Å². The first-order chi connectivity index (χ1) is 7.50. The first-order valence-corrected chi connectivity index (χ1v) is 5.99. The SMILES string of the molecule is CC(C)CCC(=O)Nc1ccsc1C(=O)O. The predicted molar refractivity (Wildman–Crippen MR) is 64.0 cm³/mol. The molecule has 5 heteroatoms. The predicted octanol–water partition coefficient (Wildman–Crippen LogP) is 2.82. The number of carbonyl (C=O) groups excluding carboxylic acids is 1. The van der Waals surface area contributed by atoms with Crippen LogP contribution in [0.4, 0.5) is 5.69 Å². The minimum absolute atomic E-state index is 0.130. The summed E-state index contributed by atoms with van der Waals surface area (Å²) in [5.74, 6) is -0.670. The molecule has 0 spiro atoms. The van der Waals surface area contributed by atoms with E-state index in [1.165, 1.54) is 0 Å². The van der Waals surface area contributed by atoms with E-state index in [1.54, 1.807) is 11.4 Å². The van der Waals surface area contributed by atoms with Crippen molar-refractivity contribution in [3.05, 3.63) is 16.3 Å². The molecule has 0 aliphatic heterocycles. The minimum Gasteiger partial charge on any atom is -0.477 e. The molecule has 0 aromatic carbocycles. The quantitative estimate of drug-likeness (QED) is 0.833. The van der Waals surface area contributed by atoms with Gasteiger partial charge in [-0.2, -0.15) is 0 Å². The number of hydrogen-bond acceptors (Lipinski definition) is 3. The summed E-state index contributed by atoms with van der Waals surface area (Å²) in [5.41, 5.74) is 0.395. The number of hydrogen-bond donors (Lipinski definition) is 2. The number of carboxylic acid groups (broad SMARTS) is 1. The van der Waals surface area contributed by atoms with E-state index >= 15 is 0 Å². The zero-order chi connectivity index (χ0) is 12.1. The molecule has 88 valence electrons. The van der Waals surface area contributed by atoms with Crippen molar-refractivity contribution < 1.29 is 14.7 Å². The van der Waals surface area contributed by atoms with Gasteiger partial charge in [-0.25, -0.2) is 4.79 Å². The molecule has 0 bridgehead atoms. The molecule has 2 N–H and O–H groups in total. The second-order valence-electron chi connectivity index (χ2n) is 3.95. The van der Waals surface area contributed by atoms with Crippen LogP contribution in [0.25, 0.3) is 0 Å². The van der Waals surface area contributed by atoms with E-state index in [0.717, 1.165) is 17.8 Å². The van der Waals surface area contributed by atoms with Crippen LogP contribution in [0, 0.1) is 5.92 Å².